The Labute approximate surface area is 121 Å². The molecule has 0 aromatic heterocycles. The highest BCUT2D eigenvalue weighted by atomic mass is 15.3. The van der Waals surface area contributed by atoms with Crippen LogP contribution in [0.25, 0.3) is 0 Å². The first-order chi connectivity index (χ1) is 9.81. The topological polar surface area (TPSA) is 30.3 Å². The van der Waals surface area contributed by atoms with E-state index in [1.807, 2.05) is 0 Å². The molecule has 1 aromatic rings. The van der Waals surface area contributed by atoms with E-state index < -0.39 is 0 Å². The Morgan fingerprint density at radius 2 is 2.05 bits per heavy atom. The molecule has 0 bridgehead atoms. The van der Waals surface area contributed by atoms with Gasteiger partial charge in [-0.15, -0.1) is 0 Å². The molecule has 2 fully saturated rings. The molecule has 3 heteroatoms. The number of hydrogen-bond donors (Lipinski definition) is 0. The normalized spacial score (nSPS) is 26.9. The van der Waals surface area contributed by atoms with Crippen molar-refractivity contribution in [3.05, 3.63) is 29.8 Å². The van der Waals surface area contributed by atoms with E-state index in [0.29, 0.717) is 6.04 Å². The predicted molar refractivity (Wildman–Crippen MR) is 81.7 cm³/mol. The maximum absolute atomic E-state index is 9.04. The summed E-state index contributed by atoms with van der Waals surface area (Å²) in [5.41, 5.74) is 2.86. The third kappa shape index (κ3) is 2.53. The van der Waals surface area contributed by atoms with Crippen LogP contribution in [-0.2, 0) is 6.42 Å². The first kappa shape index (κ1) is 13.5. The van der Waals surface area contributed by atoms with Crippen molar-refractivity contribution in [2.45, 2.75) is 32.2 Å². The highest BCUT2D eigenvalue weighted by Gasteiger charge is 2.33. The number of para-hydroxylation sites is 1. The highest BCUT2D eigenvalue weighted by molar-refractivity contribution is 5.54. The Balaban J connectivity index is 1.67. The summed E-state index contributed by atoms with van der Waals surface area (Å²) in [4.78, 5) is 5.06. The molecule has 2 saturated heterocycles. The smallest absolute Gasteiger partial charge is 0.0669 e. The molecule has 3 rings (SSSR count). The van der Waals surface area contributed by atoms with Crippen LogP contribution in [0.3, 0.4) is 0 Å². The van der Waals surface area contributed by atoms with Gasteiger partial charge in [-0.25, -0.2) is 0 Å². The number of aryl methyl sites for hydroxylation is 1. The lowest BCUT2D eigenvalue weighted by Crippen LogP contribution is -2.36. The fourth-order valence-corrected chi connectivity index (χ4v) is 3.60. The van der Waals surface area contributed by atoms with Gasteiger partial charge < -0.3 is 4.90 Å². The van der Waals surface area contributed by atoms with E-state index in [1.54, 1.807) is 0 Å². The zero-order valence-electron chi connectivity index (χ0n) is 12.3. The monoisotopic (exact) mass is 269 g/mol. The number of anilines is 1. The summed E-state index contributed by atoms with van der Waals surface area (Å²) in [6.07, 6.45) is 3.38. The number of hydrogen-bond acceptors (Lipinski definition) is 3. The lowest BCUT2D eigenvalue weighted by Gasteiger charge is -2.25. The van der Waals surface area contributed by atoms with Gasteiger partial charge in [0.2, 0.25) is 0 Å². The van der Waals surface area contributed by atoms with Crippen molar-refractivity contribution in [1.29, 1.82) is 5.26 Å². The molecule has 3 nitrogen and oxygen atoms in total. The third-order valence-corrected chi connectivity index (χ3v) is 4.80. The van der Waals surface area contributed by atoms with E-state index in [1.165, 1.54) is 17.7 Å². The standard InChI is InChI=1S/C17H23N3/c1-2-15-5-3-4-6-17(15)20-10-8-16(13-20)19-9-7-14(11-18)12-19/h3-6,14,16H,2,7-10,12-13H2,1H3. The van der Waals surface area contributed by atoms with Gasteiger partial charge in [0.1, 0.15) is 0 Å². The maximum atomic E-state index is 9.04. The van der Waals surface area contributed by atoms with Crippen LogP contribution in [0.1, 0.15) is 25.3 Å². The summed E-state index contributed by atoms with van der Waals surface area (Å²) < 4.78 is 0. The lowest BCUT2D eigenvalue weighted by atomic mass is 10.1. The number of likely N-dealkylation sites (tertiary alicyclic amines) is 1. The average molecular weight is 269 g/mol. The molecule has 0 amide bonds. The molecule has 2 heterocycles. The molecule has 20 heavy (non-hydrogen) atoms. The van der Waals surface area contributed by atoms with Gasteiger partial charge in [-0.1, -0.05) is 25.1 Å². The Bertz CT molecular complexity index is 505. The van der Waals surface area contributed by atoms with E-state index in [0.717, 1.165) is 39.0 Å². The SMILES string of the molecule is CCc1ccccc1N1CCC(N2CCC(C#N)C2)C1. The zero-order chi connectivity index (χ0) is 13.9. The van der Waals surface area contributed by atoms with Gasteiger partial charge >= 0.3 is 0 Å². The Hall–Kier alpha value is -1.53. The summed E-state index contributed by atoms with van der Waals surface area (Å²) in [5.74, 6) is 0.256. The Kier molecular flexibility index (Phi) is 3.93. The van der Waals surface area contributed by atoms with Gasteiger partial charge in [-0.3, -0.25) is 4.90 Å². The average Bonchev–Trinajstić information content (AvgIpc) is 3.15. The van der Waals surface area contributed by atoms with E-state index in [4.69, 9.17) is 5.26 Å². The van der Waals surface area contributed by atoms with Gasteiger partial charge in [0.25, 0.3) is 0 Å². The van der Waals surface area contributed by atoms with E-state index in [2.05, 4.69) is 47.1 Å². The minimum absolute atomic E-state index is 0.256. The van der Waals surface area contributed by atoms with Crippen LogP contribution < -0.4 is 4.90 Å². The molecule has 2 atom stereocenters. The van der Waals surface area contributed by atoms with Crippen molar-refractivity contribution in [3.8, 4) is 6.07 Å². The van der Waals surface area contributed by atoms with Crippen LogP contribution in [0, 0.1) is 17.2 Å². The highest BCUT2D eigenvalue weighted by Crippen LogP contribution is 2.29. The van der Waals surface area contributed by atoms with Crippen LogP contribution in [-0.4, -0.2) is 37.1 Å². The second kappa shape index (κ2) is 5.85. The molecule has 0 saturated carbocycles. The van der Waals surface area contributed by atoms with Gasteiger partial charge in [-0.05, 0) is 37.4 Å². The quantitative estimate of drug-likeness (QED) is 0.845. The lowest BCUT2D eigenvalue weighted by molar-refractivity contribution is 0.255. The van der Waals surface area contributed by atoms with Crippen molar-refractivity contribution < 1.29 is 0 Å². The molecule has 2 aliphatic heterocycles. The van der Waals surface area contributed by atoms with Crippen LogP contribution in [0.4, 0.5) is 5.69 Å². The largest absolute Gasteiger partial charge is 0.370 e. The second-order valence-corrected chi connectivity index (χ2v) is 5.98. The minimum Gasteiger partial charge on any atom is -0.370 e. The maximum Gasteiger partial charge on any atom is 0.0669 e. The molecule has 0 N–H and O–H groups in total. The Morgan fingerprint density at radius 1 is 1.20 bits per heavy atom. The molecular weight excluding hydrogens is 246 g/mol. The van der Waals surface area contributed by atoms with Gasteiger partial charge in [-0.2, -0.15) is 5.26 Å². The van der Waals surface area contributed by atoms with Gasteiger partial charge in [0.05, 0.1) is 12.0 Å². The first-order valence-electron chi connectivity index (χ1n) is 7.78. The molecule has 0 radical (unpaired) electrons. The minimum atomic E-state index is 0.256. The van der Waals surface area contributed by atoms with Crippen LogP contribution in [0.2, 0.25) is 0 Å². The zero-order valence-corrected chi connectivity index (χ0v) is 12.3. The summed E-state index contributed by atoms with van der Waals surface area (Å²) in [6, 6.07) is 11.8. The van der Waals surface area contributed by atoms with Gasteiger partial charge in [0.15, 0.2) is 0 Å². The summed E-state index contributed by atoms with van der Waals surface area (Å²) in [7, 11) is 0. The molecule has 0 spiro atoms. The number of nitrogens with zero attached hydrogens (tertiary/aromatic N) is 3. The molecule has 2 unspecified atom stereocenters. The fourth-order valence-electron chi connectivity index (χ4n) is 3.60. The van der Waals surface area contributed by atoms with Crippen molar-refractivity contribution in [1.82, 2.24) is 4.90 Å². The van der Waals surface area contributed by atoms with Crippen molar-refractivity contribution in [2.24, 2.45) is 5.92 Å². The van der Waals surface area contributed by atoms with E-state index in [9.17, 15) is 0 Å². The molecule has 1 aromatic carbocycles. The first-order valence-corrected chi connectivity index (χ1v) is 7.78. The molecular formula is C17H23N3. The number of benzene rings is 1. The summed E-state index contributed by atoms with van der Waals surface area (Å²) in [5, 5.41) is 9.04. The summed E-state index contributed by atoms with van der Waals surface area (Å²) >= 11 is 0. The molecule has 2 aliphatic rings. The van der Waals surface area contributed by atoms with Crippen LogP contribution in [0.5, 0.6) is 0 Å². The Morgan fingerprint density at radius 3 is 2.80 bits per heavy atom. The van der Waals surface area contributed by atoms with Crippen molar-refractivity contribution in [2.75, 3.05) is 31.1 Å². The third-order valence-electron chi connectivity index (χ3n) is 4.80. The van der Waals surface area contributed by atoms with Gasteiger partial charge in [0, 0.05) is 31.4 Å². The van der Waals surface area contributed by atoms with Crippen LogP contribution >= 0.6 is 0 Å². The fraction of sp³-hybridized carbons (Fsp3) is 0.588. The predicted octanol–water partition coefficient (Wildman–Crippen LogP) is 2.67. The van der Waals surface area contributed by atoms with E-state index >= 15 is 0 Å². The summed E-state index contributed by atoms with van der Waals surface area (Å²) in [6.45, 7) is 6.57. The molecule has 106 valence electrons. The second-order valence-electron chi connectivity index (χ2n) is 5.98. The van der Waals surface area contributed by atoms with Crippen molar-refractivity contribution in [3.63, 3.8) is 0 Å². The van der Waals surface area contributed by atoms with E-state index in [-0.39, 0.29) is 5.92 Å². The van der Waals surface area contributed by atoms with Crippen LogP contribution in [0.15, 0.2) is 24.3 Å². The molecule has 0 aliphatic carbocycles. The number of rotatable bonds is 3. The van der Waals surface area contributed by atoms with Crippen molar-refractivity contribution >= 4 is 5.69 Å². The number of nitriles is 1.